The van der Waals surface area contributed by atoms with Gasteiger partial charge in [-0.2, -0.15) is 0 Å². The zero-order valence-corrected chi connectivity index (χ0v) is 12.4. The largest absolute Gasteiger partial charge is 0.341 e. The Labute approximate surface area is 110 Å². The van der Waals surface area contributed by atoms with E-state index in [4.69, 9.17) is 0 Å². The van der Waals surface area contributed by atoms with Crippen molar-refractivity contribution in [2.24, 2.45) is 5.92 Å². The minimum atomic E-state index is -3.13. The Hall–Kier alpha value is -0.620. The molecule has 1 aliphatic heterocycles. The molecule has 0 aromatic rings. The summed E-state index contributed by atoms with van der Waals surface area (Å²) in [6.45, 7) is 6.33. The molecule has 0 bridgehead atoms. The molecule has 1 saturated heterocycles. The summed E-state index contributed by atoms with van der Waals surface area (Å²) in [6.07, 6.45) is 3.41. The van der Waals surface area contributed by atoms with Crippen LogP contribution >= 0.6 is 0 Å². The molecule has 1 heterocycles. The molecule has 0 aromatic heterocycles. The Morgan fingerprint density at radius 2 is 1.83 bits per heavy atom. The standard InChI is InChI=1S/C12H24N2O3S/c1-11(2)5-6-12(15)13-7-4-8-14(10-9-13)18(3,16)17/h11H,4-10H2,1-3H3. The van der Waals surface area contributed by atoms with E-state index in [1.807, 2.05) is 0 Å². The lowest BCUT2D eigenvalue weighted by molar-refractivity contribution is -0.131. The zero-order valence-electron chi connectivity index (χ0n) is 11.6. The van der Waals surface area contributed by atoms with Crippen LogP contribution in [0.2, 0.25) is 0 Å². The van der Waals surface area contributed by atoms with Crippen molar-refractivity contribution < 1.29 is 13.2 Å². The van der Waals surface area contributed by atoms with Crippen LogP contribution in [0.5, 0.6) is 0 Å². The van der Waals surface area contributed by atoms with Crippen molar-refractivity contribution in [3.05, 3.63) is 0 Å². The van der Waals surface area contributed by atoms with E-state index >= 15 is 0 Å². The van der Waals surface area contributed by atoms with E-state index in [-0.39, 0.29) is 5.91 Å². The van der Waals surface area contributed by atoms with E-state index in [0.717, 1.165) is 12.8 Å². The number of amides is 1. The fourth-order valence-electron chi connectivity index (χ4n) is 2.05. The molecule has 106 valence electrons. The summed E-state index contributed by atoms with van der Waals surface area (Å²) in [6, 6.07) is 0. The van der Waals surface area contributed by atoms with Crippen molar-refractivity contribution in [1.29, 1.82) is 0 Å². The van der Waals surface area contributed by atoms with E-state index in [0.29, 0.717) is 38.5 Å². The number of hydrogen-bond donors (Lipinski definition) is 0. The smallest absolute Gasteiger partial charge is 0.222 e. The van der Waals surface area contributed by atoms with Crippen LogP contribution in [0.4, 0.5) is 0 Å². The van der Waals surface area contributed by atoms with Crippen molar-refractivity contribution in [1.82, 2.24) is 9.21 Å². The van der Waals surface area contributed by atoms with Gasteiger partial charge in [0.2, 0.25) is 15.9 Å². The van der Waals surface area contributed by atoms with Gasteiger partial charge in [-0.3, -0.25) is 4.79 Å². The highest BCUT2D eigenvalue weighted by Crippen LogP contribution is 2.11. The molecule has 0 aromatic carbocycles. The number of rotatable bonds is 4. The summed E-state index contributed by atoms with van der Waals surface area (Å²) in [5, 5.41) is 0. The Kier molecular flexibility index (Phi) is 5.59. The average Bonchev–Trinajstić information content (AvgIpc) is 2.50. The van der Waals surface area contributed by atoms with Gasteiger partial charge >= 0.3 is 0 Å². The lowest BCUT2D eigenvalue weighted by Gasteiger charge is -2.21. The molecule has 0 atom stereocenters. The molecular formula is C12H24N2O3S. The van der Waals surface area contributed by atoms with Gasteiger partial charge in [0.25, 0.3) is 0 Å². The van der Waals surface area contributed by atoms with Gasteiger partial charge < -0.3 is 4.90 Å². The molecule has 0 aliphatic carbocycles. The minimum Gasteiger partial charge on any atom is -0.341 e. The van der Waals surface area contributed by atoms with Crippen LogP contribution in [0.3, 0.4) is 0 Å². The van der Waals surface area contributed by atoms with Crippen LogP contribution in [0, 0.1) is 5.92 Å². The van der Waals surface area contributed by atoms with Crippen molar-refractivity contribution >= 4 is 15.9 Å². The van der Waals surface area contributed by atoms with Crippen LogP contribution in [0.15, 0.2) is 0 Å². The normalized spacial score (nSPS) is 19.0. The van der Waals surface area contributed by atoms with E-state index in [1.165, 1.54) is 10.6 Å². The molecule has 0 spiro atoms. The second kappa shape index (κ2) is 6.52. The first kappa shape index (κ1) is 15.4. The Morgan fingerprint density at radius 1 is 1.17 bits per heavy atom. The number of hydrogen-bond acceptors (Lipinski definition) is 3. The Bertz CT molecular complexity index is 379. The maximum Gasteiger partial charge on any atom is 0.222 e. The topological polar surface area (TPSA) is 57.7 Å². The SMILES string of the molecule is CC(C)CCC(=O)N1CCCN(S(C)(=O)=O)CC1. The molecule has 1 aliphatic rings. The molecule has 6 heteroatoms. The van der Waals surface area contributed by atoms with Gasteiger partial charge in [0, 0.05) is 32.6 Å². The average molecular weight is 276 g/mol. The number of carbonyl (C=O) groups is 1. The second-order valence-corrected chi connectivity index (χ2v) is 7.31. The quantitative estimate of drug-likeness (QED) is 0.767. The molecule has 1 amide bonds. The van der Waals surface area contributed by atoms with Crippen LogP contribution in [0.1, 0.15) is 33.1 Å². The molecule has 1 rings (SSSR count). The summed E-state index contributed by atoms with van der Waals surface area (Å²) in [5.41, 5.74) is 0. The predicted octanol–water partition coefficient (Wildman–Crippen LogP) is 0.917. The molecule has 0 radical (unpaired) electrons. The zero-order chi connectivity index (χ0) is 13.8. The molecule has 0 N–H and O–H groups in total. The summed E-state index contributed by atoms with van der Waals surface area (Å²) in [7, 11) is -3.13. The van der Waals surface area contributed by atoms with Gasteiger partial charge in [0.05, 0.1) is 6.26 Å². The first-order chi connectivity index (χ1) is 8.30. The molecule has 5 nitrogen and oxygen atoms in total. The highest BCUT2D eigenvalue weighted by atomic mass is 32.2. The Balaban J connectivity index is 2.49. The summed E-state index contributed by atoms with van der Waals surface area (Å²) in [4.78, 5) is 13.8. The lowest BCUT2D eigenvalue weighted by Crippen LogP contribution is -2.36. The first-order valence-electron chi connectivity index (χ1n) is 6.53. The van der Waals surface area contributed by atoms with Gasteiger partial charge in [-0.25, -0.2) is 12.7 Å². The van der Waals surface area contributed by atoms with Crippen LogP contribution in [0.25, 0.3) is 0 Å². The van der Waals surface area contributed by atoms with Gasteiger partial charge in [-0.05, 0) is 18.8 Å². The van der Waals surface area contributed by atoms with E-state index in [2.05, 4.69) is 13.8 Å². The van der Waals surface area contributed by atoms with Crippen molar-refractivity contribution in [2.45, 2.75) is 33.1 Å². The van der Waals surface area contributed by atoms with Gasteiger partial charge in [0.15, 0.2) is 0 Å². The van der Waals surface area contributed by atoms with Gasteiger partial charge in [-0.15, -0.1) is 0 Å². The third-order valence-electron chi connectivity index (χ3n) is 3.21. The Morgan fingerprint density at radius 3 is 2.39 bits per heavy atom. The first-order valence-corrected chi connectivity index (χ1v) is 8.38. The van der Waals surface area contributed by atoms with Crippen LogP contribution < -0.4 is 0 Å². The predicted molar refractivity (Wildman–Crippen MR) is 71.7 cm³/mol. The maximum absolute atomic E-state index is 12.0. The van der Waals surface area contributed by atoms with Crippen molar-refractivity contribution in [2.75, 3.05) is 32.4 Å². The van der Waals surface area contributed by atoms with Crippen molar-refractivity contribution in [3.8, 4) is 0 Å². The van der Waals surface area contributed by atoms with Crippen LogP contribution in [-0.4, -0.2) is 56.0 Å². The van der Waals surface area contributed by atoms with E-state index in [1.54, 1.807) is 4.90 Å². The highest BCUT2D eigenvalue weighted by Gasteiger charge is 2.23. The fourth-order valence-corrected chi connectivity index (χ4v) is 2.92. The third kappa shape index (κ3) is 4.94. The number of nitrogens with zero attached hydrogens (tertiary/aromatic N) is 2. The summed E-state index contributed by atoms with van der Waals surface area (Å²) < 4.78 is 24.4. The minimum absolute atomic E-state index is 0.152. The lowest BCUT2D eigenvalue weighted by atomic mass is 10.1. The third-order valence-corrected chi connectivity index (χ3v) is 4.52. The number of carbonyl (C=O) groups excluding carboxylic acids is 1. The highest BCUT2D eigenvalue weighted by molar-refractivity contribution is 7.88. The van der Waals surface area contributed by atoms with E-state index < -0.39 is 10.0 Å². The molecule has 18 heavy (non-hydrogen) atoms. The molecular weight excluding hydrogens is 252 g/mol. The van der Waals surface area contributed by atoms with Crippen LogP contribution in [-0.2, 0) is 14.8 Å². The molecule has 0 unspecified atom stereocenters. The van der Waals surface area contributed by atoms with Gasteiger partial charge in [0.1, 0.15) is 0 Å². The monoisotopic (exact) mass is 276 g/mol. The fraction of sp³-hybridized carbons (Fsp3) is 0.917. The van der Waals surface area contributed by atoms with Gasteiger partial charge in [-0.1, -0.05) is 13.8 Å². The number of sulfonamides is 1. The second-order valence-electron chi connectivity index (χ2n) is 5.33. The summed E-state index contributed by atoms with van der Waals surface area (Å²) in [5.74, 6) is 0.674. The molecule has 1 fully saturated rings. The molecule has 0 saturated carbocycles. The summed E-state index contributed by atoms with van der Waals surface area (Å²) >= 11 is 0. The maximum atomic E-state index is 12.0. The van der Waals surface area contributed by atoms with Crippen molar-refractivity contribution in [3.63, 3.8) is 0 Å². The van der Waals surface area contributed by atoms with E-state index in [9.17, 15) is 13.2 Å².